The van der Waals surface area contributed by atoms with Crippen molar-refractivity contribution in [2.75, 3.05) is 6.54 Å². The molecule has 3 N–H and O–H groups in total. The summed E-state index contributed by atoms with van der Waals surface area (Å²) < 4.78 is 0. The third-order valence-electron chi connectivity index (χ3n) is 5.14. The highest BCUT2D eigenvalue weighted by Crippen LogP contribution is 2.30. The Balaban J connectivity index is 1.46. The molecule has 2 aliphatic rings. The largest absolute Gasteiger partial charge is 0.330 e. The number of carbonyl (C=O) groups is 1. The fraction of sp³-hybridized carbons (Fsp3) is 0.350. The lowest BCUT2D eigenvalue weighted by Crippen LogP contribution is -2.64. The van der Waals surface area contributed by atoms with E-state index in [1.165, 1.54) is 16.7 Å². The first-order valence-electron chi connectivity index (χ1n) is 8.73. The smallest absolute Gasteiger partial charge is 0.240 e. The Bertz CT molecular complexity index is 752. The molecule has 25 heavy (non-hydrogen) atoms. The van der Waals surface area contributed by atoms with E-state index < -0.39 is 0 Å². The zero-order valence-corrected chi connectivity index (χ0v) is 15.1. The molecular weight excluding hydrogens is 330 g/mol. The van der Waals surface area contributed by atoms with Gasteiger partial charge in [-0.05, 0) is 23.6 Å². The molecule has 2 heterocycles. The first-order chi connectivity index (χ1) is 12.2. The van der Waals surface area contributed by atoms with Gasteiger partial charge < -0.3 is 10.6 Å². The lowest BCUT2D eigenvalue weighted by Gasteiger charge is -2.35. The molecule has 1 amide bonds. The summed E-state index contributed by atoms with van der Waals surface area (Å²) in [4.78, 5) is 12.5. The topological polar surface area (TPSA) is 53.2 Å². The molecule has 4 rings (SSSR count). The number of nitrogens with one attached hydrogen (secondary N) is 3. The molecule has 0 saturated carbocycles. The highest BCUT2D eigenvalue weighted by Gasteiger charge is 2.45. The van der Waals surface area contributed by atoms with Gasteiger partial charge >= 0.3 is 0 Å². The predicted molar refractivity (Wildman–Crippen MR) is 102 cm³/mol. The molecule has 0 bridgehead atoms. The van der Waals surface area contributed by atoms with Crippen LogP contribution in [0, 0.1) is 6.92 Å². The molecule has 0 spiro atoms. The molecule has 4 unspecified atom stereocenters. The van der Waals surface area contributed by atoms with Crippen molar-refractivity contribution in [2.45, 2.75) is 36.2 Å². The van der Waals surface area contributed by atoms with Gasteiger partial charge in [0.2, 0.25) is 5.91 Å². The Morgan fingerprint density at radius 2 is 1.84 bits per heavy atom. The molecule has 4 nitrogen and oxygen atoms in total. The Labute approximate surface area is 152 Å². The van der Waals surface area contributed by atoms with Gasteiger partial charge in [0.1, 0.15) is 11.5 Å². The van der Waals surface area contributed by atoms with Crippen LogP contribution < -0.4 is 16.0 Å². The van der Waals surface area contributed by atoms with Gasteiger partial charge in [0.15, 0.2) is 0 Å². The minimum atomic E-state index is -0.152. The maximum Gasteiger partial charge on any atom is 0.240 e. The predicted octanol–water partition coefficient (Wildman–Crippen LogP) is 2.36. The quantitative estimate of drug-likeness (QED) is 0.790. The zero-order chi connectivity index (χ0) is 17.2. The minimum Gasteiger partial charge on any atom is -0.330 e. The van der Waals surface area contributed by atoms with E-state index in [4.69, 9.17) is 0 Å². The molecule has 0 radical (unpaired) electrons. The van der Waals surface area contributed by atoms with Gasteiger partial charge in [-0.15, -0.1) is 11.8 Å². The third-order valence-corrected chi connectivity index (χ3v) is 6.21. The van der Waals surface area contributed by atoms with Gasteiger partial charge in [0, 0.05) is 24.3 Å². The standard InChI is InChI=1S/C20H23N3OS/c1-13-7-5-6-10-15(13)12-25-20-22-17-16(14-8-3-2-4-9-14)11-21-18(17)19(24)23-20/h2-10,16-18,20-22H,11-12H2,1H3,(H,23,24). The third kappa shape index (κ3) is 3.45. The van der Waals surface area contributed by atoms with Gasteiger partial charge in [-0.2, -0.15) is 0 Å². The normalized spacial score (nSPS) is 28.4. The van der Waals surface area contributed by atoms with Gasteiger partial charge in [-0.1, -0.05) is 54.6 Å². The molecule has 2 saturated heterocycles. The molecule has 5 heteroatoms. The van der Waals surface area contributed by atoms with Crippen molar-refractivity contribution in [3.05, 3.63) is 71.3 Å². The Morgan fingerprint density at radius 1 is 1.08 bits per heavy atom. The van der Waals surface area contributed by atoms with Gasteiger partial charge in [-0.25, -0.2) is 0 Å². The summed E-state index contributed by atoms with van der Waals surface area (Å²) in [6.45, 7) is 2.96. The molecule has 2 aromatic carbocycles. The number of aryl methyl sites for hydroxylation is 1. The summed E-state index contributed by atoms with van der Waals surface area (Å²) in [5.41, 5.74) is 3.83. The summed E-state index contributed by atoms with van der Waals surface area (Å²) in [5.74, 6) is 1.30. The van der Waals surface area contributed by atoms with Crippen molar-refractivity contribution in [3.63, 3.8) is 0 Å². The van der Waals surface area contributed by atoms with E-state index in [9.17, 15) is 4.79 Å². The van der Waals surface area contributed by atoms with Crippen molar-refractivity contribution in [1.29, 1.82) is 0 Å². The van der Waals surface area contributed by atoms with Crippen LogP contribution in [-0.2, 0) is 10.5 Å². The van der Waals surface area contributed by atoms with E-state index in [2.05, 4.69) is 71.4 Å². The first-order valence-corrected chi connectivity index (χ1v) is 9.78. The van der Waals surface area contributed by atoms with Crippen LogP contribution in [0.4, 0.5) is 0 Å². The molecule has 2 aromatic rings. The Morgan fingerprint density at radius 3 is 2.64 bits per heavy atom. The fourth-order valence-electron chi connectivity index (χ4n) is 3.70. The van der Waals surface area contributed by atoms with Crippen LogP contribution in [0.1, 0.15) is 22.6 Å². The minimum absolute atomic E-state index is 0.0560. The molecule has 130 valence electrons. The highest BCUT2D eigenvalue weighted by atomic mass is 32.2. The van der Waals surface area contributed by atoms with E-state index in [1.807, 2.05) is 6.07 Å². The first kappa shape index (κ1) is 16.6. The fourth-order valence-corrected chi connectivity index (χ4v) is 4.83. The SMILES string of the molecule is Cc1ccccc1CSC1NC(=O)C2NCC(c3ccccc3)C2N1. The van der Waals surface area contributed by atoms with Crippen LogP contribution in [0.2, 0.25) is 0 Å². The second-order valence-electron chi connectivity index (χ2n) is 6.72. The van der Waals surface area contributed by atoms with Crippen LogP contribution in [0.25, 0.3) is 0 Å². The van der Waals surface area contributed by atoms with E-state index in [-0.39, 0.29) is 23.5 Å². The maximum atomic E-state index is 12.5. The summed E-state index contributed by atoms with van der Waals surface area (Å²) >= 11 is 1.74. The van der Waals surface area contributed by atoms with Crippen LogP contribution in [-0.4, -0.2) is 30.0 Å². The van der Waals surface area contributed by atoms with Crippen molar-refractivity contribution < 1.29 is 4.79 Å². The van der Waals surface area contributed by atoms with Crippen molar-refractivity contribution in [2.24, 2.45) is 0 Å². The molecular formula is C20H23N3OS. The summed E-state index contributed by atoms with van der Waals surface area (Å²) in [6.07, 6.45) is 0. The number of thioether (sulfide) groups is 1. The lowest BCUT2D eigenvalue weighted by molar-refractivity contribution is -0.125. The van der Waals surface area contributed by atoms with Gasteiger partial charge in [0.05, 0.1) is 0 Å². The maximum absolute atomic E-state index is 12.5. The molecule has 0 aromatic heterocycles. The average Bonchev–Trinajstić information content (AvgIpc) is 3.06. The Hall–Kier alpha value is -1.82. The van der Waals surface area contributed by atoms with E-state index >= 15 is 0 Å². The number of hydrogen-bond acceptors (Lipinski definition) is 4. The van der Waals surface area contributed by atoms with Crippen molar-refractivity contribution in [3.8, 4) is 0 Å². The number of benzene rings is 2. The van der Waals surface area contributed by atoms with Crippen LogP contribution >= 0.6 is 11.8 Å². The van der Waals surface area contributed by atoms with Crippen LogP contribution in [0.3, 0.4) is 0 Å². The summed E-state index contributed by atoms with van der Waals surface area (Å²) in [5, 5.41) is 10.1. The molecule has 4 atom stereocenters. The number of carbonyl (C=O) groups excluding carboxylic acids is 1. The second-order valence-corrected chi connectivity index (χ2v) is 7.82. The van der Waals surface area contributed by atoms with E-state index in [0.717, 1.165) is 12.3 Å². The van der Waals surface area contributed by atoms with E-state index in [1.54, 1.807) is 11.8 Å². The summed E-state index contributed by atoms with van der Waals surface area (Å²) in [6, 6.07) is 18.9. The number of fused-ring (bicyclic) bond motifs is 1. The number of rotatable bonds is 4. The van der Waals surface area contributed by atoms with Gasteiger partial charge in [-0.3, -0.25) is 10.1 Å². The zero-order valence-electron chi connectivity index (χ0n) is 14.2. The lowest BCUT2D eigenvalue weighted by atomic mass is 9.90. The van der Waals surface area contributed by atoms with Crippen molar-refractivity contribution in [1.82, 2.24) is 16.0 Å². The summed E-state index contributed by atoms with van der Waals surface area (Å²) in [7, 11) is 0. The van der Waals surface area contributed by atoms with Gasteiger partial charge in [0.25, 0.3) is 0 Å². The number of hydrogen-bond donors (Lipinski definition) is 3. The second kappa shape index (κ2) is 7.20. The van der Waals surface area contributed by atoms with Crippen LogP contribution in [0.15, 0.2) is 54.6 Å². The molecule has 2 aliphatic heterocycles. The monoisotopic (exact) mass is 353 g/mol. The molecule has 0 aliphatic carbocycles. The van der Waals surface area contributed by atoms with E-state index in [0.29, 0.717) is 5.92 Å². The van der Waals surface area contributed by atoms with Crippen molar-refractivity contribution >= 4 is 17.7 Å². The Kier molecular flexibility index (Phi) is 4.79. The highest BCUT2D eigenvalue weighted by molar-refractivity contribution is 7.99. The van der Waals surface area contributed by atoms with Crippen LogP contribution in [0.5, 0.6) is 0 Å². The average molecular weight is 353 g/mol. The molecule has 2 fully saturated rings. The number of amides is 1.